The van der Waals surface area contributed by atoms with Gasteiger partial charge in [0.05, 0.1) is 0 Å². The summed E-state index contributed by atoms with van der Waals surface area (Å²) < 4.78 is 11.8. The van der Waals surface area contributed by atoms with Crippen molar-refractivity contribution >= 4 is 16.5 Å². The van der Waals surface area contributed by atoms with Crippen LogP contribution in [0.2, 0.25) is 0 Å². The number of para-hydroxylation sites is 1. The summed E-state index contributed by atoms with van der Waals surface area (Å²) in [6, 6.07) is 8.43. The number of anilines is 1. The minimum atomic E-state index is -0.658. The number of nitrogens with one attached hydrogen (secondary N) is 1. The predicted molar refractivity (Wildman–Crippen MR) is 63.7 cm³/mol. The molecule has 2 nitrogen and oxygen atoms in total. The van der Waals surface area contributed by atoms with Gasteiger partial charge in [0.1, 0.15) is 0 Å². The molecule has 0 amide bonds. The summed E-state index contributed by atoms with van der Waals surface area (Å²) in [5, 5.41) is 3.54. The molecular weight excluding hydrogens is 206 g/mol. The normalized spacial score (nSPS) is 37.9. The summed E-state index contributed by atoms with van der Waals surface area (Å²) in [5.41, 5.74) is 2.64. The van der Waals surface area contributed by atoms with Gasteiger partial charge in [0, 0.05) is 33.5 Å². The highest BCUT2D eigenvalue weighted by Crippen LogP contribution is 2.42. The van der Waals surface area contributed by atoms with E-state index in [9.17, 15) is 4.21 Å². The van der Waals surface area contributed by atoms with Crippen LogP contribution in [-0.2, 0) is 10.8 Å². The minimum absolute atomic E-state index is 0.0438. The molecule has 80 valence electrons. The van der Waals surface area contributed by atoms with Gasteiger partial charge in [-0.1, -0.05) is 18.2 Å². The standard InChI is InChI=1S/C12H15NOS/c1-12-6-9(7-15(14)8-12)10-4-2-3-5-11(10)13-12/h2-5,9,13H,6-8H2,1H3/t9-,12+,15+/m0/s1. The van der Waals surface area contributed by atoms with Crippen LogP contribution in [0.1, 0.15) is 24.8 Å². The zero-order valence-electron chi connectivity index (χ0n) is 8.82. The summed E-state index contributed by atoms with van der Waals surface area (Å²) in [6.07, 6.45) is 1.12. The quantitative estimate of drug-likeness (QED) is 0.727. The van der Waals surface area contributed by atoms with Gasteiger partial charge in [-0.3, -0.25) is 4.21 Å². The SMILES string of the molecule is C[C@@]12C[C@@H](C[S@@](=O)C1)c1ccccc1N2. The van der Waals surface area contributed by atoms with Crippen LogP contribution in [0, 0.1) is 0 Å². The summed E-state index contributed by atoms with van der Waals surface area (Å²) in [5.74, 6) is 2.12. The van der Waals surface area contributed by atoms with Crippen LogP contribution in [-0.4, -0.2) is 21.3 Å². The monoisotopic (exact) mass is 221 g/mol. The van der Waals surface area contributed by atoms with E-state index in [1.807, 2.05) is 0 Å². The third-order valence-electron chi connectivity index (χ3n) is 3.40. The molecule has 1 saturated heterocycles. The Morgan fingerprint density at radius 2 is 2.27 bits per heavy atom. The van der Waals surface area contributed by atoms with Crippen molar-refractivity contribution in [2.24, 2.45) is 0 Å². The van der Waals surface area contributed by atoms with E-state index in [0.29, 0.717) is 5.92 Å². The van der Waals surface area contributed by atoms with Crippen LogP contribution >= 0.6 is 0 Å². The van der Waals surface area contributed by atoms with Crippen LogP contribution in [0.5, 0.6) is 0 Å². The molecule has 2 heterocycles. The smallest absolute Gasteiger partial charge is 0.0466 e. The van der Waals surface area contributed by atoms with E-state index in [0.717, 1.165) is 17.9 Å². The molecule has 0 aromatic heterocycles. The zero-order chi connectivity index (χ0) is 10.5. The second-order valence-corrected chi connectivity index (χ2v) is 6.43. The molecule has 3 atom stereocenters. The van der Waals surface area contributed by atoms with E-state index in [2.05, 4.69) is 36.5 Å². The molecule has 0 unspecified atom stereocenters. The summed E-state index contributed by atoms with van der Waals surface area (Å²) in [7, 11) is -0.658. The Balaban J connectivity index is 2.10. The van der Waals surface area contributed by atoms with Crippen molar-refractivity contribution in [1.29, 1.82) is 0 Å². The zero-order valence-corrected chi connectivity index (χ0v) is 9.64. The van der Waals surface area contributed by atoms with E-state index in [1.54, 1.807) is 0 Å². The van der Waals surface area contributed by atoms with E-state index < -0.39 is 10.8 Å². The fraction of sp³-hybridized carbons (Fsp3) is 0.500. The second-order valence-electron chi connectivity index (χ2n) is 4.92. The Labute approximate surface area is 92.5 Å². The molecule has 2 bridgehead atoms. The Bertz CT molecular complexity index is 431. The first kappa shape index (κ1) is 9.40. The first-order chi connectivity index (χ1) is 7.16. The lowest BCUT2D eigenvalue weighted by Crippen LogP contribution is -2.49. The van der Waals surface area contributed by atoms with Gasteiger partial charge in [-0.25, -0.2) is 0 Å². The van der Waals surface area contributed by atoms with Crippen molar-refractivity contribution in [3.63, 3.8) is 0 Å². The largest absolute Gasteiger partial charge is 0.379 e. The third-order valence-corrected chi connectivity index (χ3v) is 5.13. The van der Waals surface area contributed by atoms with Crippen LogP contribution in [0.4, 0.5) is 5.69 Å². The van der Waals surface area contributed by atoms with Gasteiger partial charge >= 0.3 is 0 Å². The van der Waals surface area contributed by atoms with Gasteiger partial charge in [-0.05, 0) is 30.9 Å². The van der Waals surface area contributed by atoms with Gasteiger partial charge < -0.3 is 5.32 Å². The van der Waals surface area contributed by atoms with Crippen molar-refractivity contribution in [1.82, 2.24) is 0 Å². The lowest BCUT2D eigenvalue weighted by molar-refractivity contribution is 0.441. The topological polar surface area (TPSA) is 29.1 Å². The molecule has 2 aliphatic rings. The average Bonchev–Trinajstić information content (AvgIpc) is 2.15. The highest BCUT2D eigenvalue weighted by molar-refractivity contribution is 7.85. The van der Waals surface area contributed by atoms with E-state index in [4.69, 9.17) is 0 Å². The van der Waals surface area contributed by atoms with E-state index in [-0.39, 0.29) is 5.54 Å². The van der Waals surface area contributed by atoms with Gasteiger partial charge in [0.25, 0.3) is 0 Å². The average molecular weight is 221 g/mol. The van der Waals surface area contributed by atoms with Crippen molar-refractivity contribution in [2.45, 2.75) is 24.8 Å². The van der Waals surface area contributed by atoms with Gasteiger partial charge in [0.2, 0.25) is 0 Å². The molecule has 2 aliphatic heterocycles. The lowest BCUT2D eigenvalue weighted by atomic mass is 9.81. The maximum Gasteiger partial charge on any atom is 0.0466 e. The Hall–Kier alpha value is -0.830. The van der Waals surface area contributed by atoms with Crippen molar-refractivity contribution in [3.8, 4) is 0 Å². The molecular formula is C12H15NOS. The number of hydrogen-bond donors (Lipinski definition) is 1. The predicted octanol–water partition coefficient (Wildman–Crippen LogP) is 2.11. The second kappa shape index (κ2) is 3.08. The van der Waals surface area contributed by atoms with Gasteiger partial charge in [-0.2, -0.15) is 0 Å². The highest BCUT2D eigenvalue weighted by atomic mass is 32.2. The van der Waals surface area contributed by atoms with Crippen molar-refractivity contribution < 1.29 is 4.21 Å². The fourth-order valence-corrected chi connectivity index (χ4v) is 4.64. The molecule has 15 heavy (non-hydrogen) atoms. The summed E-state index contributed by atoms with van der Waals surface area (Å²) in [6.45, 7) is 2.19. The van der Waals surface area contributed by atoms with Crippen LogP contribution in [0.25, 0.3) is 0 Å². The van der Waals surface area contributed by atoms with Gasteiger partial charge in [-0.15, -0.1) is 0 Å². The van der Waals surface area contributed by atoms with Crippen LogP contribution in [0.3, 0.4) is 0 Å². The molecule has 0 radical (unpaired) electrons. The first-order valence-electron chi connectivity index (χ1n) is 5.38. The highest BCUT2D eigenvalue weighted by Gasteiger charge is 2.40. The molecule has 1 aromatic carbocycles. The van der Waals surface area contributed by atoms with E-state index >= 15 is 0 Å². The molecule has 1 N–H and O–H groups in total. The van der Waals surface area contributed by atoms with Crippen LogP contribution < -0.4 is 5.32 Å². The fourth-order valence-electron chi connectivity index (χ4n) is 2.88. The van der Waals surface area contributed by atoms with Gasteiger partial charge in [0.15, 0.2) is 0 Å². The molecule has 3 rings (SSSR count). The lowest BCUT2D eigenvalue weighted by Gasteiger charge is -2.44. The number of hydrogen-bond acceptors (Lipinski definition) is 2. The Kier molecular flexibility index (Phi) is 1.93. The minimum Gasteiger partial charge on any atom is -0.379 e. The molecule has 0 aliphatic carbocycles. The number of benzene rings is 1. The molecule has 1 fully saturated rings. The summed E-state index contributed by atoms with van der Waals surface area (Å²) in [4.78, 5) is 0. The first-order valence-corrected chi connectivity index (χ1v) is 6.87. The Morgan fingerprint density at radius 3 is 3.13 bits per heavy atom. The van der Waals surface area contributed by atoms with E-state index in [1.165, 1.54) is 11.3 Å². The molecule has 1 aromatic rings. The maximum atomic E-state index is 11.8. The maximum absolute atomic E-state index is 11.8. The third kappa shape index (κ3) is 1.49. The summed E-state index contributed by atoms with van der Waals surface area (Å²) >= 11 is 0. The van der Waals surface area contributed by atoms with Crippen molar-refractivity contribution in [3.05, 3.63) is 29.8 Å². The molecule has 0 spiro atoms. The Morgan fingerprint density at radius 1 is 1.47 bits per heavy atom. The molecule has 3 heteroatoms. The number of rotatable bonds is 0. The number of fused-ring (bicyclic) bond motifs is 4. The van der Waals surface area contributed by atoms with Crippen molar-refractivity contribution in [2.75, 3.05) is 16.8 Å². The van der Waals surface area contributed by atoms with Crippen LogP contribution in [0.15, 0.2) is 24.3 Å². The molecule has 0 saturated carbocycles.